The molecule has 4 nitrogen and oxygen atoms in total. The highest BCUT2D eigenvalue weighted by Crippen LogP contribution is 2.09. The normalized spacial score (nSPS) is 22.9. The third-order valence-corrected chi connectivity index (χ3v) is 2.70. The van der Waals surface area contributed by atoms with Gasteiger partial charge in [0.2, 0.25) is 0 Å². The quantitative estimate of drug-likeness (QED) is 0.679. The van der Waals surface area contributed by atoms with Crippen LogP contribution in [0.5, 0.6) is 0 Å². The molecule has 1 N–H and O–H groups in total. The van der Waals surface area contributed by atoms with Crippen molar-refractivity contribution in [2.75, 3.05) is 26.2 Å². The Morgan fingerprint density at radius 1 is 1.53 bits per heavy atom. The highest BCUT2D eigenvalue weighted by Gasteiger charge is 2.21. The van der Waals surface area contributed by atoms with Crippen LogP contribution in [-0.2, 0) is 9.53 Å². The minimum Gasteiger partial charge on any atom is -0.481 e. The van der Waals surface area contributed by atoms with Gasteiger partial charge >= 0.3 is 5.97 Å². The summed E-state index contributed by atoms with van der Waals surface area (Å²) in [6.45, 7) is 5.65. The van der Waals surface area contributed by atoms with Crippen molar-refractivity contribution in [1.82, 2.24) is 4.90 Å². The molecule has 0 saturated carbocycles. The van der Waals surface area contributed by atoms with Crippen LogP contribution in [0.1, 0.15) is 32.6 Å². The zero-order chi connectivity index (χ0) is 11.1. The van der Waals surface area contributed by atoms with E-state index in [4.69, 9.17) is 9.84 Å². The summed E-state index contributed by atoms with van der Waals surface area (Å²) in [6, 6.07) is 0. The third kappa shape index (κ3) is 5.14. The van der Waals surface area contributed by atoms with Gasteiger partial charge in [0.05, 0.1) is 19.1 Å². The van der Waals surface area contributed by atoms with Gasteiger partial charge in [-0.25, -0.2) is 0 Å². The Morgan fingerprint density at radius 2 is 2.33 bits per heavy atom. The topological polar surface area (TPSA) is 49.8 Å². The van der Waals surface area contributed by atoms with E-state index < -0.39 is 5.97 Å². The number of carbonyl (C=O) groups is 1. The van der Waals surface area contributed by atoms with E-state index in [-0.39, 0.29) is 12.5 Å². The van der Waals surface area contributed by atoms with Crippen molar-refractivity contribution in [2.45, 2.75) is 38.7 Å². The molecule has 88 valence electrons. The molecule has 1 fully saturated rings. The van der Waals surface area contributed by atoms with E-state index in [0.29, 0.717) is 6.61 Å². The van der Waals surface area contributed by atoms with Crippen LogP contribution in [0.4, 0.5) is 0 Å². The average Bonchev–Trinajstić information content (AvgIpc) is 2.18. The molecular formula is C11H21NO3. The second-order valence-electron chi connectivity index (χ2n) is 4.10. The van der Waals surface area contributed by atoms with Gasteiger partial charge in [0.15, 0.2) is 0 Å². The monoisotopic (exact) mass is 215 g/mol. The molecule has 0 radical (unpaired) electrons. The van der Waals surface area contributed by atoms with Crippen molar-refractivity contribution in [3.63, 3.8) is 0 Å². The van der Waals surface area contributed by atoms with Gasteiger partial charge in [-0.2, -0.15) is 0 Å². The Kier molecular flexibility index (Phi) is 5.65. The SMILES string of the molecule is CCCCCN1CCOC(CC(=O)O)C1. The molecule has 1 atom stereocenters. The predicted molar refractivity (Wildman–Crippen MR) is 58.0 cm³/mol. The largest absolute Gasteiger partial charge is 0.481 e. The summed E-state index contributed by atoms with van der Waals surface area (Å²) < 4.78 is 5.40. The summed E-state index contributed by atoms with van der Waals surface area (Å²) in [5, 5.41) is 8.67. The number of hydrogen-bond acceptors (Lipinski definition) is 3. The lowest BCUT2D eigenvalue weighted by Crippen LogP contribution is -2.43. The van der Waals surface area contributed by atoms with Gasteiger partial charge in [-0.3, -0.25) is 9.69 Å². The smallest absolute Gasteiger partial charge is 0.306 e. The number of hydrogen-bond donors (Lipinski definition) is 1. The molecule has 0 bridgehead atoms. The summed E-state index contributed by atoms with van der Waals surface area (Å²) in [4.78, 5) is 12.8. The number of nitrogens with zero attached hydrogens (tertiary/aromatic N) is 1. The zero-order valence-corrected chi connectivity index (χ0v) is 9.45. The molecule has 1 heterocycles. The van der Waals surface area contributed by atoms with Crippen molar-refractivity contribution >= 4 is 5.97 Å². The minimum atomic E-state index is -0.768. The maximum atomic E-state index is 10.5. The van der Waals surface area contributed by atoms with E-state index in [1.165, 1.54) is 19.3 Å². The van der Waals surface area contributed by atoms with Gasteiger partial charge < -0.3 is 9.84 Å². The first kappa shape index (κ1) is 12.5. The number of unbranched alkanes of at least 4 members (excludes halogenated alkanes) is 2. The van der Waals surface area contributed by atoms with Crippen LogP contribution in [0.25, 0.3) is 0 Å². The molecule has 1 aliphatic heterocycles. The van der Waals surface area contributed by atoms with E-state index >= 15 is 0 Å². The third-order valence-electron chi connectivity index (χ3n) is 2.70. The maximum Gasteiger partial charge on any atom is 0.306 e. The van der Waals surface area contributed by atoms with Crippen molar-refractivity contribution < 1.29 is 14.6 Å². The lowest BCUT2D eigenvalue weighted by molar-refractivity contribution is -0.142. The number of aliphatic carboxylic acids is 1. The van der Waals surface area contributed by atoms with Crippen molar-refractivity contribution in [1.29, 1.82) is 0 Å². The number of morpholine rings is 1. The molecule has 1 unspecified atom stereocenters. The summed E-state index contributed by atoms with van der Waals surface area (Å²) in [5.74, 6) is -0.768. The van der Waals surface area contributed by atoms with Crippen molar-refractivity contribution in [3.05, 3.63) is 0 Å². The molecule has 0 aromatic carbocycles. The van der Waals surface area contributed by atoms with E-state index in [0.717, 1.165) is 19.6 Å². The Balaban J connectivity index is 2.19. The van der Waals surface area contributed by atoms with E-state index in [2.05, 4.69) is 11.8 Å². The summed E-state index contributed by atoms with van der Waals surface area (Å²) in [7, 11) is 0. The molecule has 1 saturated heterocycles. The Morgan fingerprint density at radius 3 is 3.00 bits per heavy atom. The van der Waals surface area contributed by atoms with E-state index in [1.807, 2.05) is 0 Å². The van der Waals surface area contributed by atoms with E-state index in [9.17, 15) is 4.79 Å². The lowest BCUT2D eigenvalue weighted by Gasteiger charge is -2.32. The molecule has 0 aromatic rings. The van der Waals surface area contributed by atoms with Crippen LogP contribution in [0.3, 0.4) is 0 Å². The number of carboxylic acids is 1. The molecule has 0 amide bonds. The second-order valence-corrected chi connectivity index (χ2v) is 4.10. The molecule has 0 aromatic heterocycles. The van der Waals surface area contributed by atoms with Crippen LogP contribution >= 0.6 is 0 Å². The first-order valence-corrected chi connectivity index (χ1v) is 5.78. The fraction of sp³-hybridized carbons (Fsp3) is 0.909. The summed E-state index contributed by atoms with van der Waals surface area (Å²) >= 11 is 0. The van der Waals surface area contributed by atoms with Gasteiger partial charge in [-0.15, -0.1) is 0 Å². The first-order chi connectivity index (χ1) is 7.22. The molecule has 1 aliphatic rings. The number of carboxylic acid groups (broad SMARTS) is 1. The summed E-state index contributed by atoms with van der Waals surface area (Å²) in [5.41, 5.74) is 0. The highest BCUT2D eigenvalue weighted by atomic mass is 16.5. The summed E-state index contributed by atoms with van der Waals surface area (Å²) in [6.07, 6.45) is 3.70. The Bertz CT molecular complexity index is 196. The van der Waals surface area contributed by atoms with Crippen LogP contribution in [-0.4, -0.2) is 48.3 Å². The molecule has 0 spiro atoms. The fourth-order valence-electron chi connectivity index (χ4n) is 1.89. The molecule has 4 heteroatoms. The maximum absolute atomic E-state index is 10.5. The van der Waals surface area contributed by atoms with Gasteiger partial charge in [0.1, 0.15) is 0 Å². The number of rotatable bonds is 6. The zero-order valence-electron chi connectivity index (χ0n) is 9.45. The molecular weight excluding hydrogens is 194 g/mol. The van der Waals surface area contributed by atoms with Gasteiger partial charge in [0, 0.05) is 13.1 Å². The van der Waals surface area contributed by atoms with Crippen LogP contribution in [0, 0.1) is 0 Å². The fourth-order valence-corrected chi connectivity index (χ4v) is 1.89. The second kappa shape index (κ2) is 6.80. The van der Waals surface area contributed by atoms with Crippen molar-refractivity contribution in [3.8, 4) is 0 Å². The molecule has 15 heavy (non-hydrogen) atoms. The van der Waals surface area contributed by atoms with E-state index in [1.54, 1.807) is 0 Å². The average molecular weight is 215 g/mol. The Labute approximate surface area is 91.2 Å². The van der Waals surface area contributed by atoms with Crippen LogP contribution in [0.2, 0.25) is 0 Å². The van der Waals surface area contributed by atoms with Gasteiger partial charge in [-0.05, 0) is 13.0 Å². The van der Waals surface area contributed by atoms with Crippen LogP contribution < -0.4 is 0 Å². The lowest BCUT2D eigenvalue weighted by atomic mass is 10.2. The first-order valence-electron chi connectivity index (χ1n) is 5.78. The number of ether oxygens (including phenoxy) is 1. The van der Waals surface area contributed by atoms with Gasteiger partial charge in [0.25, 0.3) is 0 Å². The Hall–Kier alpha value is -0.610. The predicted octanol–water partition coefficient (Wildman–Crippen LogP) is 1.35. The highest BCUT2D eigenvalue weighted by molar-refractivity contribution is 5.67. The standard InChI is InChI=1S/C11H21NO3/c1-2-3-4-5-12-6-7-15-10(9-12)8-11(13)14/h10H,2-9H2,1H3,(H,13,14). The molecule has 1 rings (SSSR count). The van der Waals surface area contributed by atoms with Crippen LogP contribution in [0.15, 0.2) is 0 Å². The van der Waals surface area contributed by atoms with Crippen molar-refractivity contribution in [2.24, 2.45) is 0 Å². The molecule has 0 aliphatic carbocycles. The minimum absolute atomic E-state index is 0.113. The van der Waals surface area contributed by atoms with Gasteiger partial charge in [-0.1, -0.05) is 19.8 Å².